The summed E-state index contributed by atoms with van der Waals surface area (Å²) in [6, 6.07) is 7.14. The number of nitrogens with zero attached hydrogens (tertiary/aromatic N) is 1. The monoisotopic (exact) mass is 466 g/mol. The molecule has 1 aromatic carbocycles. The lowest BCUT2D eigenvalue weighted by Crippen LogP contribution is -2.39. The van der Waals surface area contributed by atoms with Crippen molar-refractivity contribution in [2.45, 2.75) is 56.0 Å². The second-order valence-corrected chi connectivity index (χ2v) is 7.78. The van der Waals surface area contributed by atoms with E-state index in [-0.39, 0.29) is 28.9 Å². The summed E-state index contributed by atoms with van der Waals surface area (Å²) in [5.41, 5.74) is 6.77. The zero-order valence-electron chi connectivity index (χ0n) is 14.0. The standard InChI is InChI=1S/C16H26N4O2S.HI/c1-18-23(21,22)15-10-6-7-13(11-15)12-19-16(17)20-14-8-4-2-3-5-9-14;/h6-7,10-11,14,18H,2-5,8-9,12H2,1H3,(H3,17,19,20);1H. The van der Waals surface area contributed by atoms with E-state index in [1.807, 2.05) is 6.07 Å². The number of nitrogens with two attached hydrogens (primary N) is 1. The molecule has 0 aromatic heterocycles. The topological polar surface area (TPSA) is 96.6 Å². The molecule has 2 rings (SSSR count). The van der Waals surface area contributed by atoms with Crippen molar-refractivity contribution in [2.75, 3.05) is 7.05 Å². The molecule has 0 amide bonds. The Morgan fingerprint density at radius 3 is 2.54 bits per heavy atom. The molecule has 0 aliphatic heterocycles. The van der Waals surface area contributed by atoms with E-state index in [1.54, 1.807) is 18.2 Å². The predicted octanol–water partition coefficient (Wildman–Crippen LogP) is 2.34. The maximum absolute atomic E-state index is 11.8. The highest BCUT2D eigenvalue weighted by atomic mass is 127. The van der Waals surface area contributed by atoms with Gasteiger partial charge in [-0.3, -0.25) is 0 Å². The number of nitrogens with one attached hydrogen (secondary N) is 2. The van der Waals surface area contributed by atoms with Gasteiger partial charge < -0.3 is 11.1 Å². The number of rotatable bonds is 5. The van der Waals surface area contributed by atoms with Gasteiger partial charge in [-0.15, -0.1) is 24.0 Å². The van der Waals surface area contributed by atoms with Crippen molar-refractivity contribution >= 4 is 40.0 Å². The van der Waals surface area contributed by atoms with E-state index >= 15 is 0 Å². The fourth-order valence-electron chi connectivity index (χ4n) is 2.78. The van der Waals surface area contributed by atoms with Crippen molar-refractivity contribution < 1.29 is 8.42 Å². The van der Waals surface area contributed by atoms with Gasteiger partial charge in [0.25, 0.3) is 0 Å². The summed E-state index contributed by atoms with van der Waals surface area (Å²) in [4.78, 5) is 4.58. The molecular weight excluding hydrogens is 439 g/mol. The van der Waals surface area contributed by atoms with Crippen LogP contribution in [0.1, 0.15) is 44.1 Å². The third kappa shape index (κ3) is 6.56. The van der Waals surface area contributed by atoms with Gasteiger partial charge in [-0.25, -0.2) is 18.1 Å². The van der Waals surface area contributed by atoms with Crippen molar-refractivity contribution in [2.24, 2.45) is 10.7 Å². The van der Waals surface area contributed by atoms with E-state index in [0.717, 1.165) is 18.4 Å². The molecule has 1 aliphatic rings. The van der Waals surface area contributed by atoms with E-state index in [2.05, 4.69) is 15.0 Å². The van der Waals surface area contributed by atoms with Gasteiger partial charge in [-0.1, -0.05) is 37.8 Å². The number of guanidine groups is 1. The molecule has 24 heavy (non-hydrogen) atoms. The van der Waals surface area contributed by atoms with E-state index in [4.69, 9.17) is 5.73 Å². The average molecular weight is 466 g/mol. The van der Waals surface area contributed by atoms with Crippen LogP contribution >= 0.6 is 24.0 Å². The molecule has 0 saturated heterocycles. The van der Waals surface area contributed by atoms with Crippen molar-refractivity contribution in [3.63, 3.8) is 0 Å². The molecule has 0 radical (unpaired) electrons. The summed E-state index contributed by atoms with van der Waals surface area (Å²) in [7, 11) is -2.03. The van der Waals surface area contributed by atoms with Crippen LogP contribution in [0.4, 0.5) is 0 Å². The lowest BCUT2D eigenvalue weighted by molar-refractivity contribution is 0.530. The summed E-state index contributed by atoms with van der Waals surface area (Å²) >= 11 is 0. The molecule has 1 aromatic rings. The molecule has 0 bridgehead atoms. The van der Waals surface area contributed by atoms with Crippen LogP contribution in [0.5, 0.6) is 0 Å². The molecule has 0 heterocycles. The van der Waals surface area contributed by atoms with Gasteiger partial charge in [0.2, 0.25) is 10.0 Å². The fraction of sp³-hybridized carbons (Fsp3) is 0.562. The Balaban J connectivity index is 0.00000288. The van der Waals surface area contributed by atoms with Crippen LogP contribution in [0.15, 0.2) is 34.2 Å². The van der Waals surface area contributed by atoms with Crippen LogP contribution in [0.25, 0.3) is 0 Å². The van der Waals surface area contributed by atoms with Crippen LogP contribution in [-0.2, 0) is 16.6 Å². The highest BCUT2D eigenvalue weighted by Gasteiger charge is 2.13. The molecule has 1 aliphatic carbocycles. The SMILES string of the molecule is CNS(=O)(=O)c1cccc(CN=C(N)NC2CCCCCC2)c1.I. The highest BCUT2D eigenvalue weighted by molar-refractivity contribution is 14.0. The first-order valence-corrected chi connectivity index (χ1v) is 9.58. The molecule has 1 fully saturated rings. The normalized spacial score (nSPS) is 17.0. The van der Waals surface area contributed by atoms with Gasteiger partial charge in [-0.05, 0) is 37.6 Å². The smallest absolute Gasteiger partial charge is 0.240 e. The fourth-order valence-corrected chi connectivity index (χ4v) is 3.58. The minimum absolute atomic E-state index is 0. The van der Waals surface area contributed by atoms with Gasteiger partial charge in [-0.2, -0.15) is 0 Å². The lowest BCUT2D eigenvalue weighted by Gasteiger charge is -2.16. The van der Waals surface area contributed by atoms with Gasteiger partial charge in [0, 0.05) is 6.04 Å². The van der Waals surface area contributed by atoms with Gasteiger partial charge in [0.1, 0.15) is 0 Å². The first kappa shape index (κ1) is 21.2. The maximum Gasteiger partial charge on any atom is 0.240 e. The van der Waals surface area contributed by atoms with E-state index in [0.29, 0.717) is 18.5 Å². The molecule has 136 valence electrons. The number of sulfonamides is 1. The first-order valence-electron chi connectivity index (χ1n) is 8.10. The minimum Gasteiger partial charge on any atom is -0.370 e. The second kappa shape index (κ2) is 10.2. The molecule has 0 unspecified atom stereocenters. The van der Waals surface area contributed by atoms with Crippen LogP contribution < -0.4 is 15.8 Å². The number of aliphatic imine (C=N–C) groups is 1. The molecule has 6 nitrogen and oxygen atoms in total. The second-order valence-electron chi connectivity index (χ2n) is 5.89. The molecule has 0 atom stereocenters. The third-order valence-corrected chi connectivity index (χ3v) is 5.53. The summed E-state index contributed by atoms with van der Waals surface area (Å²) in [6.07, 6.45) is 7.31. The van der Waals surface area contributed by atoms with Crippen LogP contribution in [-0.4, -0.2) is 27.5 Å². The van der Waals surface area contributed by atoms with Crippen molar-refractivity contribution in [3.8, 4) is 0 Å². The van der Waals surface area contributed by atoms with E-state index in [1.165, 1.54) is 32.7 Å². The summed E-state index contributed by atoms with van der Waals surface area (Å²) < 4.78 is 25.9. The van der Waals surface area contributed by atoms with Crippen LogP contribution in [0.3, 0.4) is 0 Å². The van der Waals surface area contributed by atoms with Crippen LogP contribution in [0.2, 0.25) is 0 Å². The van der Waals surface area contributed by atoms with Crippen molar-refractivity contribution in [1.29, 1.82) is 0 Å². The average Bonchev–Trinajstić information content (AvgIpc) is 2.82. The zero-order chi connectivity index (χ0) is 16.7. The quantitative estimate of drug-likeness (QED) is 0.269. The molecule has 1 saturated carbocycles. The van der Waals surface area contributed by atoms with Crippen molar-refractivity contribution in [1.82, 2.24) is 10.0 Å². The maximum atomic E-state index is 11.8. The summed E-state index contributed by atoms with van der Waals surface area (Å²) in [6.45, 7) is 0.360. The Bertz CT molecular complexity index is 641. The summed E-state index contributed by atoms with van der Waals surface area (Å²) in [5, 5.41) is 3.28. The van der Waals surface area contributed by atoms with E-state index < -0.39 is 10.0 Å². The molecule has 8 heteroatoms. The Kier molecular flexibility index (Phi) is 8.99. The highest BCUT2D eigenvalue weighted by Crippen LogP contribution is 2.17. The third-order valence-electron chi connectivity index (χ3n) is 4.12. The lowest BCUT2D eigenvalue weighted by atomic mass is 10.1. The molecule has 4 N–H and O–H groups in total. The molecular formula is C16H27IN4O2S. The zero-order valence-corrected chi connectivity index (χ0v) is 17.1. The Hall–Kier alpha value is -0.870. The molecule has 0 spiro atoms. The Morgan fingerprint density at radius 1 is 1.25 bits per heavy atom. The summed E-state index contributed by atoms with van der Waals surface area (Å²) in [5.74, 6) is 0.429. The van der Waals surface area contributed by atoms with Gasteiger partial charge >= 0.3 is 0 Å². The number of hydrogen-bond donors (Lipinski definition) is 3. The first-order chi connectivity index (χ1) is 11.0. The Morgan fingerprint density at radius 2 is 1.92 bits per heavy atom. The largest absolute Gasteiger partial charge is 0.370 e. The Labute approximate surface area is 161 Å². The van der Waals surface area contributed by atoms with E-state index in [9.17, 15) is 8.42 Å². The number of halogens is 1. The van der Waals surface area contributed by atoms with Gasteiger partial charge in [0.15, 0.2) is 5.96 Å². The van der Waals surface area contributed by atoms with Crippen molar-refractivity contribution in [3.05, 3.63) is 29.8 Å². The number of benzene rings is 1. The van der Waals surface area contributed by atoms with Crippen LogP contribution in [0, 0.1) is 0 Å². The van der Waals surface area contributed by atoms with Gasteiger partial charge in [0.05, 0.1) is 11.4 Å². The number of hydrogen-bond acceptors (Lipinski definition) is 3. The predicted molar refractivity (Wildman–Crippen MR) is 108 cm³/mol. The minimum atomic E-state index is -3.43.